The molecule has 0 bridgehead atoms. The minimum atomic E-state index is -0.169. The standard InChI is InChI=1S/C23H36FN3O/c24-20-9-10-23(28-21-7-2-3-8-21)22(19-20)27-17-15-26(16-18-27)14-6-13-25-11-4-1-5-12-25/h9-10,19,21H,1-8,11-18H2. The van der Waals surface area contributed by atoms with Gasteiger partial charge < -0.3 is 14.5 Å². The second-order valence-corrected chi connectivity index (χ2v) is 8.72. The Morgan fingerprint density at radius 3 is 2.21 bits per heavy atom. The molecule has 0 spiro atoms. The summed E-state index contributed by atoms with van der Waals surface area (Å²) >= 11 is 0. The van der Waals surface area contributed by atoms with Crippen LogP contribution in [0.5, 0.6) is 5.75 Å². The van der Waals surface area contributed by atoms with Crippen LogP contribution in [0.15, 0.2) is 18.2 Å². The molecule has 28 heavy (non-hydrogen) atoms. The van der Waals surface area contributed by atoms with Gasteiger partial charge in [0, 0.05) is 32.2 Å². The Labute approximate surface area is 169 Å². The fourth-order valence-corrected chi connectivity index (χ4v) is 4.94. The van der Waals surface area contributed by atoms with Gasteiger partial charge in [-0.05, 0) is 83.3 Å². The normalized spacial score (nSPS) is 22.7. The van der Waals surface area contributed by atoms with E-state index in [0.717, 1.165) is 50.5 Å². The molecule has 0 amide bonds. The molecule has 1 aliphatic carbocycles. The van der Waals surface area contributed by atoms with Crippen LogP contribution in [0.3, 0.4) is 0 Å². The number of anilines is 1. The monoisotopic (exact) mass is 389 g/mol. The molecule has 0 atom stereocenters. The van der Waals surface area contributed by atoms with Gasteiger partial charge in [0.2, 0.25) is 0 Å². The van der Waals surface area contributed by atoms with Crippen molar-refractivity contribution in [3.63, 3.8) is 0 Å². The molecule has 1 aromatic carbocycles. The number of hydrogen-bond acceptors (Lipinski definition) is 4. The van der Waals surface area contributed by atoms with E-state index in [1.54, 1.807) is 6.07 Å². The van der Waals surface area contributed by atoms with Crippen LogP contribution in [-0.2, 0) is 0 Å². The zero-order valence-electron chi connectivity index (χ0n) is 17.3. The summed E-state index contributed by atoms with van der Waals surface area (Å²) in [4.78, 5) is 7.50. The second-order valence-electron chi connectivity index (χ2n) is 8.72. The van der Waals surface area contributed by atoms with Gasteiger partial charge in [-0.2, -0.15) is 0 Å². The minimum absolute atomic E-state index is 0.169. The van der Waals surface area contributed by atoms with Crippen LogP contribution >= 0.6 is 0 Å². The van der Waals surface area contributed by atoms with Crippen LogP contribution in [0.25, 0.3) is 0 Å². The third kappa shape index (κ3) is 5.38. The van der Waals surface area contributed by atoms with E-state index >= 15 is 0 Å². The zero-order chi connectivity index (χ0) is 19.2. The van der Waals surface area contributed by atoms with Crippen LogP contribution in [0, 0.1) is 5.82 Å². The molecule has 1 saturated carbocycles. The number of hydrogen-bond donors (Lipinski definition) is 0. The highest BCUT2D eigenvalue weighted by molar-refractivity contribution is 5.59. The van der Waals surface area contributed by atoms with Crippen LogP contribution in [0.4, 0.5) is 10.1 Å². The molecule has 0 N–H and O–H groups in total. The van der Waals surface area contributed by atoms with E-state index in [4.69, 9.17) is 4.74 Å². The van der Waals surface area contributed by atoms with Crippen molar-refractivity contribution >= 4 is 5.69 Å². The molecule has 4 nitrogen and oxygen atoms in total. The minimum Gasteiger partial charge on any atom is -0.488 e. The van der Waals surface area contributed by atoms with Crippen molar-refractivity contribution in [3.05, 3.63) is 24.0 Å². The van der Waals surface area contributed by atoms with Gasteiger partial charge in [0.15, 0.2) is 0 Å². The van der Waals surface area contributed by atoms with Gasteiger partial charge in [-0.1, -0.05) is 6.42 Å². The largest absolute Gasteiger partial charge is 0.488 e. The smallest absolute Gasteiger partial charge is 0.143 e. The molecule has 2 saturated heterocycles. The van der Waals surface area contributed by atoms with E-state index in [1.165, 1.54) is 70.8 Å². The van der Waals surface area contributed by atoms with E-state index < -0.39 is 0 Å². The van der Waals surface area contributed by atoms with E-state index in [0.29, 0.717) is 6.10 Å². The van der Waals surface area contributed by atoms with Crippen LogP contribution < -0.4 is 9.64 Å². The Kier molecular flexibility index (Phi) is 7.08. The van der Waals surface area contributed by atoms with Crippen molar-refractivity contribution in [1.82, 2.24) is 9.80 Å². The van der Waals surface area contributed by atoms with Crippen LogP contribution in [0.1, 0.15) is 51.4 Å². The van der Waals surface area contributed by atoms with E-state index in [9.17, 15) is 4.39 Å². The number of ether oxygens (including phenoxy) is 1. The average Bonchev–Trinajstić information content (AvgIpc) is 3.24. The summed E-state index contributed by atoms with van der Waals surface area (Å²) in [5, 5.41) is 0. The van der Waals surface area contributed by atoms with Crippen molar-refractivity contribution in [1.29, 1.82) is 0 Å². The third-order valence-electron chi connectivity index (χ3n) is 6.63. The van der Waals surface area contributed by atoms with Crippen molar-refractivity contribution in [2.45, 2.75) is 57.5 Å². The van der Waals surface area contributed by atoms with Gasteiger partial charge in [-0.25, -0.2) is 4.39 Å². The molecule has 3 fully saturated rings. The first-order valence-corrected chi connectivity index (χ1v) is 11.4. The Morgan fingerprint density at radius 1 is 0.821 bits per heavy atom. The molecular formula is C23H36FN3O. The third-order valence-corrected chi connectivity index (χ3v) is 6.63. The lowest BCUT2D eigenvalue weighted by atomic mass is 10.1. The van der Waals surface area contributed by atoms with Gasteiger partial charge in [0.1, 0.15) is 11.6 Å². The molecule has 1 aromatic rings. The summed E-state index contributed by atoms with van der Waals surface area (Å²) in [5.74, 6) is 0.699. The SMILES string of the molecule is Fc1ccc(OC2CCCC2)c(N2CCN(CCCN3CCCCC3)CC2)c1. The lowest BCUT2D eigenvalue weighted by molar-refractivity contribution is 0.196. The highest BCUT2D eigenvalue weighted by atomic mass is 19.1. The number of piperidine rings is 1. The number of nitrogens with zero attached hydrogens (tertiary/aromatic N) is 3. The summed E-state index contributed by atoms with van der Waals surface area (Å²) in [7, 11) is 0. The molecular weight excluding hydrogens is 353 g/mol. The lowest BCUT2D eigenvalue weighted by Gasteiger charge is -2.37. The number of halogens is 1. The Hall–Kier alpha value is -1.33. The van der Waals surface area contributed by atoms with Crippen molar-refractivity contribution in [3.8, 4) is 5.75 Å². The zero-order valence-corrected chi connectivity index (χ0v) is 17.3. The number of rotatable bonds is 7. The van der Waals surface area contributed by atoms with E-state index in [2.05, 4.69) is 14.7 Å². The maximum Gasteiger partial charge on any atom is 0.143 e. The fourth-order valence-electron chi connectivity index (χ4n) is 4.94. The second kappa shape index (κ2) is 9.93. The molecule has 156 valence electrons. The van der Waals surface area contributed by atoms with Crippen LogP contribution in [0.2, 0.25) is 0 Å². The van der Waals surface area contributed by atoms with Gasteiger partial charge in [-0.15, -0.1) is 0 Å². The Morgan fingerprint density at radius 2 is 1.50 bits per heavy atom. The average molecular weight is 390 g/mol. The maximum absolute atomic E-state index is 13.9. The summed E-state index contributed by atoms with van der Waals surface area (Å²) in [6, 6.07) is 5.02. The molecule has 2 heterocycles. The van der Waals surface area contributed by atoms with Gasteiger partial charge in [-0.3, -0.25) is 4.90 Å². The molecule has 0 aromatic heterocycles. The maximum atomic E-state index is 13.9. The predicted octanol–water partition coefficient (Wildman–Crippen LogP) is 4.15. The summed E-state index contributed by atoms with van der Waals surface area (Å²) in [6.45, 7) is 9.01. The molecule has 2 aliphatic heterocycles. The molecule has 0 unspecified atom stereocenters. The summed E-state index contributed by atoms with van der Waals surface area (Å²) in [6.07, 6.45) is 10.5. The van der Waals surface area contributed by atoms with Gasteiger partial charge in [0.05, 0.1) is 11.8 Å². The molecule has 4 rings (SSSR count). The quantitative estimate of drug-likeness (QED) is 0.697. The van der Waals surface area contributed by atoms with Gasteiger partial charge >= 0.3 is 0 Å². The molecule has 3 aliphatic rings. The first-order chi connectivity index (χ1) is 13.8. The van der Waals surface area contributed by atoms with Crippen molar-refractivity contribution < 1.29 is 9.13 Å². The number of benzene rings is 1. The molecule has 5 heteroatoms. The highest BCUT2D eigenvalue weighted by Crippen LogP contribution is 2.33. The molecule has 0 radical (unpaired) electrons. The van der Waals surface area contributed by atoms with Gasteiger partial charge in [0.25, 0.3) is 0 Å². The van der Waals surface area contributed by atoms with Crippen LogP contribution in [-0.4, -0.2) is 68.3 Å². The van der Waals surface area contributed by atoms with Crippen molar-refractivity contribution in [2.24, 2.45) is 0 Å². The summed E-state index contributed by atoms with van der Waals surface area (Å²) in [5.41, 5.74) is 0.944. The summed E-state index contributed by atoms with van der Waals surface area (Å²) < 4.78 is 20.2. The predicted molar refractivity (Wildman–Crippen MR) is 113 cm³/mol. The number of piperazine rings is 1. The lowest BCUT2D eigenvalue weighted by Crippen LogP contribution is -2.47. The number of likely N-dealkylation sites (tertiary alicyclic amines) is 1. The Balaban J connectivity index is 1.26. The topological polar surface area (TPSA) is 19.0 Å². The highest BCUT2D eigenvalue weighted by Gasteiger charge is 2.23. The first kappa shape index (κ1) is 20.0. The van der Waals surface area contributed by atoms with E-state index in [-0.39, 0.29) is 5.82 Å². The Bertz CT molecular complexity index is 606. The van der Waals surface area contributed by atoms with Crippen molar-refractivity contribution in [2.75, 3.05) is 57.3 Å². The van der Waals surface area contributed by atoms with E-state index in [1.807, 2.05) is 6.07 Å². The first-order valence-electron chi connectivity index (χ1n) is 11.4. The fraction of sp³-hybridized carbons (Fsp3) is 0.739.